The van der Waals surface area contributed by atoms with E-state index in [0.29, 0.717) is 23.9 Å². The first-order valence-electron chi connectivity index (χ1n) is 35.2. The number of nitrogens with zero attached hydrogens (tertiary/aromatic N) is 1. The summed E-state index contributed by atoms with van der Waals surface area (Å²) < 4.78 is 23.5. The lowest BCUT2D eigenvalue weighted by molar-refractivity contribution is -0.870. The molecule has 0 heterocycles. The molecule has 0 fully saturated rings. The highest BCUT2D eigenvalue weighted by atomic mass is 31.2. The average molecular weight is 1140 g/mol. The number of aliphatic hydroxyl groups is 1. The number of carbonyl (C=O) groups is 1. The van der Waals surface area contributed by atoms with E-state index in [2.05, 4.69) is 43.5 Å². The number of hydrogen-bond acceptors (Lipinski definition) is 6. The Morgan fingerprint density at radius 2 is 0.734 bits per heavy atom. The quantitative estimate of drug-likeness (QED) is 0.0272. The van der Waals surface area contributed by atoms with E-state index in [4.69, 9.17) is 9.05 Å². The summed E-state index contributed by atoms with van der Waals surface area (Å²) in [6, 6.07) is -0.800. The SMILES string of the molecule is CCCCCCCCCCCCCCC/C=C\C/C=C\CCCCCCCCCCCCCCCCCCCC(=O)NC(COP(=O)([O-])OCC[N+](C)(C)C)C(O)CCCCCCCCCCCCCCCCCCCCCC. The van der Waals surface area contributed by atoms with Crippen LogP contribution in [0.1, 0.15) is 367 Å². The third-order valence-electron chi connectivity index (χ3n) is 16.4. The molecule has 9 heteroatoms. The number of amides is 1. The Morgan fingerprint density at radius 3 is 1.05 bits per heavy atom. The molecule has 79 heavy (non-hydrogen) atoms. The van der Waals surface area contributed by atoms with E-state index >= 15 is 0 Å². The van der Waals surface area contributed by atoms with Crippen molar-refractivity contribution in [2.75, 3.05) is 40.9 Å². The van der Waals surface area contributed by atoms with Gasteiger partial charge in [-0.2, -0.15) is 0 Å². The molecular formula is C70H139N2O6P. The molecular weight excluding hydrogens is 996 g/mol. The number of phosphoric ester groups is 1. The molecule has 3 unspecified atom stereocenters. The Bertz CT molecular complexity index is 1340. The second-order valence-electron chi connectivity index (χ2n) is 25.6. The molecule has 0 aromatic carbocycles. The Kier molecular flexibility index (Phi) is 60.7. The Balaban J connectivity index is 3.94. The van der Waals surface area contributed by atoms with Gasteiger partial charge in [0.1, 0.15) is 13.2 Å². The van der Waals surface area contributed by atoms with Crippen molar-refractivity contribution in [2.24, 2.45) is 0 Å². The predicted molar refractivity (Wildman–Crippen MR) is 344 cm³/mol. The van der Waals surface area contributed by atoms with Crippen LogP contribution in [0.15, 0.2) is 24.3 Å². The molecule has 470 valence electrons. The number of allylic oxidation sites excluding steroid dienone is 4. The van der Waals surface area contributed by atoms with E-state index in [1.807, 2.05) is 21.1 Å². The molecule has 2 N–H and O–H groups in total. The van der Waals surface area contributed by atoms with Crippen molar-refractivity contribution in [3.63, 3.8) is 0 Å². The summed E-state index contributed by atoms with van der Waals surface area (Å²) in [5.41, 5.74) is 0. The van der Waals surface area contributed by atoms with Gasteiger partial charge in [0.05, 0.1) is 39.9 Å². The summed E-state index contributed by atoms with van der Waals surface area (Å²) in [5.74, 6) is -0.157. The zero-order valence-corrected chi connectivity index (χ0v) is 54.8. The molecule has 0 aromatic heterocycles. The molecule has 0 saturated heterocycles. The molecule has 0 radical (unpaired) electrons. The van der Waals surface area contributed by atoms with Crippen molar-refractivity contribution in [3.05, 3.63) is 24.3 Å². The minimum absolute atomic E-state index is 0.0147. The van der Waals surface area contributed by atoms with Crippen LogP contribution >= 0.6 is 7.82 Å². The number of nitrogens with one attached hydrogen (secondary N) is 1. The number of phosphoric acid groups is 1. The number of quaternary nitrogens is 1. The summed E-state index contributed by atoms with van der Waals surface area (Å²) in [4.78, 5) is 25.6. The maximum absolute atomic E-state index is 13.0. The standard InChI is InChI=1S/C70H139N2O6P/c1-6-8-10-12-14-16-18-20-22-24-26-28-29-30-31-32-33-34-35-36-37-38-39-40-41-42-43-44-46-48-50-52-54-56-58-60-62-64-70(74)71-68(67-78-79(75,76)77-66-65-72(3,4)5)69(73)63-61-59-57-55-53-51-49-47-45-27-25-23-21-19-17-15-13-11-9-7-2/h31-32,34-35,68-69,73H,6-30,33,36-67H2,1-5H3,(H-,71,74,75,76)/b32-31-,35-34-. The molecule has 0 bridgehead atoms. The number of aliphatic hydroxyl groups excluding tert-OH is 1. The van der Waals surface area contributed by atoms with E-state index in [9.17, 15) is 19.4 Å². The first-order chi connectivity index (χ1) is 38.5. The summed E-state index contributed by atoms with van der Waals surface area (Å²) in [6.07, 6.45) is 79.8. The molecule has 0 spiro atoms. The van der Waals surface area contributed by atoms with Gasteiger partial charge >= 0.3 is 0 Å². The van der Waals surface area contributed by atoms with Gasteiger partial charge in [-0.1, -0.05) is 340 Å². The third kappa shape index (κ3) is 64.4. The highest BCUT2D eigenvalue weighted by molar-refractivity contribution is 7.45. The summed E-state index contributed by atoms with van der Waals surface area (Å²) in [7, 11) is 1.32. The van der Waals surface area contributed by atoms with Crippen LogP contribution in [0.4, 0.5) is 0 Å². The van der Waals surface area contributed by atoms with E-state index in [1.165, 1.54) is 295 Å². The minimum atomic E-state index is -4.58. The fourth-order valence-electron chi connectivity index (χ4n) is 11.0. The molecule has 0 aliphatic rings. The maximum Gasteiger partial charge on any atom is 0.268 e. The van der Waals surface area contributed by atoms with Crippen LogP contribution in [0.2, 0.25) is 0 Å². The zero-order valence-electron chi connectivity index (χ0n) is 53.9. The van der Waals surface area contributed by atoms with E-state index in [1.54, 1.807) is 0 Å². The lowest BCUT2D eigenvalue weighted by Crippen LogP contribution is -2.46. The van der Waals surface area contributed by atoms with Crippen LogP contribution < -0.4 is 10.2 Å². The second-order valence-corrected chi connectivity index (χ2v) is 27.0. The summed E-state index contributed by atoms with van der Waals surface area (Å²) >= 11 is 0. The van der Waals surface area contributed by atoms with Crippen LogP contribution in [0, 0.1) is 0 Å². The molecule has 0 saturated carbocycles. The second kappa shape index (κ2) is 61.5. The fraction of sp³-hybridized carbons (Fsp3) is 0.929. The van der Waals surface area contributed by atoms with Crippen molar-refractivity contribution in [1.82, 2.24) is 5.32 Å². The highest BCUT2D eigenvalue weighted by Gasteiger charge is 2.24. The van der Waals surface area contributed by atoms with Crippen LogP contribution in [0.25, 0.3) is 0 Å². The molecule has 8 nitrogen and oxygen atoms in total. The number of carbonyl (C=O) groups excluding carboxylic acids is 1. The first-order valence-corrected chi connectivity index (χ1v) is 36.6. The van der Waals surface area contributed by atoms with Gasteiger partial charge in [0.2, 0.25) is 5.91 Å². The number of rotatable bonds is 66. The number of likely N-dealkylation sites (N-methyl/N-ethyl adjacent to an activating group) is 1. The maximum atomic E-state index is 13.0. The molecule has 0 aliphatic carbocycles. The van der Waals surface area contributed by atoms with Crippen molar-refractivity contribution in [1.29, 1.82) is 0 Å². The monoisotopic (exact) mass is 1140 g/mol. The van der Waals surface area contributed by atoms with Crippen molar-refractivity contribution >= 4 is 13.7 Å². The third-order valence-corrected chi connectivity index (χ3v) is 17.4. The van der Waals surface area contributed by atoms with Crippen LogP contribution in [0.5, 0.6) is 0 Å². The summed E-state index contributed by atoms with van der Waals surface area (Å²) in [6.45, 7) is 4.78. The van der Waals surface area contributed by atoms with Gasteiger partial charge in [0, 0.05) is 6.42 Å². The topological polar surface area (TPSA) is 108 Å². The Morgan fingerprint density at radius 1 is 0.443 bits per heavy atom. The number of unbranched alkanes of at least 4 members (excludes halogenated alkanes) is 49. The predicted octanol–water partition coefficient (Wildman–Crippen LogP) is 21.6. The first kappa shape index (κ1) is 78.0. The van der Waals surface area contributed by atoms with Gasteiger partial charge in [-0.15, -0.1) is 0 Å². The lowest BCUT2D eigenvalue weighted by atomic mass is 10.0. The summed E-state index contributed by atoms with van der Waals surface area (Å²) in [5, 5.41) is 14.1. The minimum Gasteiger partial charge on any atom is -0.756 e. The molecule has 3 atom stereocenters. The van der Waals surface area contributed by atoms with E-state index in [0.717, 1.165) is 44.9 Å². The van der Waals surface area contributed by atoms with Gasteiger partial charge in [-0.05, 0) is 44.9 Å². The fourth-order valence-corrected chi connectivity index (χ4v) is 11.7. The average Bonchev–Trinajstić information content (AvgIpc) is 3.42. The highest BCUT2D eigenvalue weighted by Crippen LogP contribution is 2.38. The van der Waals surface area contributed by atoms with Crippen molar-refractivity contribution < 1.29 is 32.9 Å². The van der Waals surface area contributed by atoms with Crippen molar-refractivity contribution in [2.45, 2.75) is 379 Å². The lowest BCUT2D eigenvalue weighted by Gasteiger charge is -2.30. The normalized spacial score (nSPS) is 13.8. The Hall–Kier alpha value is -1.02. The van der Waals surface area contributed by atoms with Gasteiger partial charge in [-0.25, -0.2) is 0 Å². The van der Waals surface area contributed by atoms with Crippen LogP contribution in [-0.4, -0.2) is 68.5 Å². The largest absolute Gasteiger partial charge is 0.756 e. The van der Waals surface area contributed by atoms with Gasteiger partial charge in [-0.3, -0.25) is 9.36 Å². The van der Waals surface area contributed by atoms with Crippen LogP contribution in [0.3, 0.4) is 0 Å². The number of hydrogen-bond donors (Lipinski definition) is 2. The molecule has 0 rings (SSSR count). The van der Waals surface area contributed by atoms with Gasteiger partial charge < -0.3 is 28.8 Å². The zero-order chi connectivity index (χ0) is 57.7. The van der Waals surface area contributed by atoms with E-state index in [-0.39, 0.29) is 19.1 Å². The molecule has 1 amide bonds. The molecule has 0 aliphatic heterocycles. The van der Waals surface area contributed by atoms with Gasteiger partial charge in [0.15, 0.2) is 0 Å². The smallest absolute Gasteiger partial charge is 0.268 e. The van der Waals surface area contributed by atoms with Gasteiger partial charge in [0.25, 0.3) is 7.82 Å². The molecule has 0 aromatic rings. The van der Waals surface area contributed by atoms with Crippen molar-refractivity contribution in [3.8, 4) is 0 Å². The van der Waals surface area contributed by atoms with E-state index < -0.39 is 20.0 Å². The Labute approximate surface area is 494 Å². The van der Waals surface area contributed by atoms with Crippen LogP contribution in [-0.2, 0) is 18.4 Å².